The van der Waals surface area contributed by atoms with E-state index < -0.39 is 23.9 Å². The van der Waals surface area contributed by atoms with Gasteiger partial charge < -0.3 is 9.84 Å². The Morgan fingerprint density at radius 2 is 2.15 bits per heavy atom. The first-order chi connectivity index (χ1) is 9.28. The molecule has 1 amide bonds. The molecular weight excluding hydrogens is 261 g/mol. The Morgan fingerprint density at radius 1 is 1.45 bits per heavy atom. The number of amides is 1. The van der Waals surface area contributed by atoms with Crippen LogP contribution < -0.4 is 0 Å². The number of hydrogen-bond acceptors (Lipinski definition) is 3. The van der Waals surface area contributed by atoms with E-state index in [1.54, 1.807) is 32.9 Å². The molecule has 0 bridgehead atoms. The van der Waals surface area contributed by atoms with Gasteiger partial charge in [-0.25, -0.2) is 9.18 Å². The molecule has 2 rings (SSSR count). The van der Waals surface area contributed by atoms with Crippen LogP contribution in [0.5, 0.6) is 5.75 Å². The molecule has 1 fully saturated rings. The number of halogens is 1. The molecule has 0 saturated carbocycles. The number of carbonyl (C=O) groups excluding carboxylic acids is 1. The van der Waals surface area contributed by atoms with Crippen LogP contribution in [0, 0.1) is 0 Å². The van der Waals surface area contributed by atoms with Crippen LogP contribution in [0.3, 0.4) is 0 Å². The van der Waals surface area contributed by atoms with Gasteiger partial charge in [0.25, 0.3) is 0 Å². The minimum absolute atomic E-state index is 0.0609. The third-order valence-electron chi connectivity index (χ3n) is 3.16. The van der Waals surface area contributed by atoms with E-state index in [2.05, 4.69) is 0 Å². The molecule has 0 aromatic heterocycles. The standard InChI is InChI=1S/C15H20FNO3/c1-15(2,3)20-14(19)17-8-7-12(16)13(17)10-5-4-6-11(18)9-10/h4-6,9,12-13,18H,7-8H2,1-3H3. The van der Waals surface area contributed by atoms with Gasteiger partial charge in [0.1, 0.15) is 17.5 Å². The Labute approximate surface area is 118 Å². The van der Waals surface area contributed by atoms with Gasteiger partial charge in [-0.15, -0.1) is 0 Å². The summed E-state index contributed by atoms with van der Waals surface area (Å²) in [5.74, 6) is 0.0609. The van der Waals surface area contributed by atoms with Gasteiger partial charge in [-0.2, -0.15) is 0 Å². The number of phenolic OH excluding ortho intramolecular Hbond substituents is 1. The average molecular weight is 281 g/mol. The van der Waals surface area contributed by atoms with Crippen LogP contribution in [-0.4, -0.2) is 34.4 Å². The van der Waals surface area contributed by atoms with Crippen LogP contribution in [0.2, 0.25) is 0 Å². The summed E-state index contributed by atoms with van der Waals surface area (Å²) >= 11 is 0. The number of benzene rings is 1. The fourth-order valence-electron chi connectivity index (χ4n) is 2.38. The maximum Gasteiger partial charge on any atom is 0.410 e. The zero-order valence-corrected chi connectivity index (χ0v) is 12.0. The highest BCUT2D eigenvalue weighted by Gasteiger charge is 2.40. The van der Waals surface area contributed by atoms with Gasteiger partial charge in [0.05, 0.1) is 6.04 Å². The van der Waals surface area contributed by atoms with E-state index in [1.807, 2.05) is 0 Å². The van der Waals surface area contributed by atoms with E-state index in [4.69, 9.17) is 4.74 Å². The van der Waals surface area contributed by atoms with Crippen LogP contribution in [0.15, 0.2) is 24.3 Å². The number of likely N-dealkylation sites (tertiary alicyclic amines) is 1. The predicted octanol–water partition coefficient (Wildman–Crippen LogP) is 3.41. The second-order valence-electron chi connectivity index (χ2n) is 6.02. The largest absolute Gasteiger partial charge is 0.508 e. The van der Waals surface area contributed by atoms with E-state index in [1.165, 1.54) is 17.0 Å². The number of nitrogens with zero attached hydrogens (tertiary/aromatic N) is 1. The molecule has 1 aliphatic heterocycles. The zero-order chi connectivity index (χ0) is 14.9. The van der Waals surface area contributed by atoms with Gasteiger partial charge in [0.15, 0.2) is 0 Å². The van der Waals surface area contributed by atoms with Crippen molar-refractivity contribution in [3.05, 3.63) is 29.8 Å². The number of alkyl halides is 1. The van der Waals surface area contributed by atoms with Crippen molar-refractivity contribution in [1.82, 2.24) is 4.90 Å². The van der Waals surface area contributed by atoms with Crippen LogP contribution in [-0.2, 0) is 4.74 Å². The highest BCUT2D eigenvalue weighted by atomic mass is 19.1. The second-order valence-corrected chi connectivity index (χ2v) is 6.02. The number of aromatic hydroxyl groups is 1. The summed E-state index contributed by atoms with van der Waals surface area (Å²) in [5.41, 5.74) is -0.0321. The molecule has 0 radical (unpaired) electrons. The Balaban J connectivity index is 2.23. The molecule has 1 N–H and O–H groups in total. The molecule has 1 aliphatic rings. The summed E-state index contributed by atoms with van der Waals surface area (Å²) in [5, 5.41) is 9.51. The van der Waals surface area contributed by atoms with E-state index >= 15 is 0 Å². The lowest BCUT2D eigenvalue weighted by atomic mass is 10.0. The van der Waals surface area contributed by atoms with E-state index in [-0.39, 0.29) is 12.2 Å². The molecule has 5 heteroatoms. The number of hydrogen-bond donors (Lipinski definition) is 1. The highest BCUT2D eigenvalue weighted by molar-refractivity contribution is 5.69. The third kappa shape index (κ3) is 3.21. The van der Waals surface area contributed by atoms with Crippen LogP contribution in [0.25, 0.3) is 0 Å². The average Bonchev–Trinajstić information content (AvgIpc) is 2.69. The molecule has 1 aromatic carbocycles. The molecule has 4 nitrogen and oxygen atoms in total. The smallest absolute Gasteiger partial charge is 0.410 e. The molecular formula is C15H20FNO3. The molecule has 1 heterocycles. The van der Waals surface area contributed by atoms with Crippen molar-refractivity contribution in [2.75, 3.05) is 6.54 Å². The maximum atomic E-state index is 14.1. The fraction of sp³-hybridized carbons (Fsp3) is 0.533. The van der Waals surface area contributed by atoms with Crippen molar-refractivity contribution in [1.29, 1.82) is 0 Å². The van der Waals surface area contributed by atoms with E-state index in [0.717, 1.165) is 0 Å². The molecule has 110 valence electrons. The number of ether oxygens (including phenoxy) is 1. The minimum atomic E-state index is -1.15. The summed E-state index contributed by atoms with van der Waals surface area (Å²) < 4.78 is 19.4. The van der Waals surface area contributed by atoms with Crippen LogP contribution in [0.1, 0.15) is 38.8 Å². The fourth-order valence-corrected chi connectivity index (χ4v) is 2.38. The molecule has 2 atom stereocenters. The first-order valence-electron chi connectivity index (χ1n) is 6.70. The van der Waals surface area contributed by atoms with Crippen molar-refractivity contribution >= 4 is 6.09 Å². The number of rotatable bonds is 1. The predicted molar refractivity (Wildman–Crippen MR) is 73.3 cm³/mol. The summed E-state index contributed by atoms with van der Waals surface area (Å²) in [6.45, 7) is 5.64. The van der Waals surface area contributed by atoms with Crippen molar-refractivity contribution in [2.45, 2.75) is 45.0 Å². The lowest BCUT2D eigenvalue weighted by Crippen LogP contribution is -2.37. The van der Waals surface area contributed by atoms with Gasteiger partial charge in [0.2, 0.25) is 0 Å². The molecule has 2 unspecified atom stereocenters. The van der Waals surface area contributed by atoms with Gasteiger partial charge in [-0.05, 0) is 44.9 Å². The van der Waals surface area contributed by atoms with Crippen molar-refractivity contribution in [3.8, 4) is 5.75 Å². The minimum Gasteiger partial charge on any atom is -0.508 e. The van der Waals surface area contributed by atoms with Gasteiger partial charge in [-0.3, -0.25) is 4.90 Å². The quantitative estimate of drug-likeness (QED) is 0.858. The van der Waals surface area contributed by atoms with Gasteiger partial charge in [-0.1, -0.05) is 12.1 Å². The summed E-state index contributed by atoms with van der Waals surface area (Å²) in [6, 6.07) is 5.66. The summed E-state index contributed by atoms with van der Waals surface area (Å²) in [4.78, 5) is 13.5. The molecule has 0 aliphatic carbocycles. The molecule has 20 heavy (non-hydrogen) atoms. The number of phenols is 1. The van der Waals surface area contributed by atoms with E-state index in [9.17, 15) is 14.3 Å². The van der Waals surface area contributed by atoms with Gasteiger partial charge >= 0.3 is 6.09 Å². The Kier molecular flexibility index (Phi) is 3.88. The van der Waals surface area contributed by atoms with Crippen molar-refractivity contribution in [2.24, 2.45) is 0 Å². The first-order valence-corrected chi connectivity index (χ1v) is 6.70. The summed E-state index contributed by atoms with van der Waals surface area (Å²) in [7, 11) is 0. The Morgan fingerprint density at radius 3 is 2.75 bits per heavy atom. The zero-order valence-electron chi connectivity index (χ0n) is 12.0. The third-order valence-corrected chi connectivity index (χ3v) is 3.16. The topological polar surface area (TPSA) is 49.8 Å². The second kappa shape index (κ2) is 5.31. The Bertz CT molecular complexity index is 498. The SMILES string of the molecule is CC(C)(C)OC(=O)N1CCC(F)C1c1cccc(O)c1. The lowest BCUT2D eigenvalue weighted by Gasteiger charge is -2.29. The van der Waals surface area contributed by atoms with Crippen LogP contribution >= 0.6 is 0 Å². The van der Waals surface area contributed by atoms with E-state index in [0.29, 0.717) is 12.1 Å². The highest BCUT2D eigenvalue weighted by Crippen LogP contribution is 2.36. The molecule has 0 spiro atoms. The normalized spacial score (nSPS) is 22.9. The number of carbonyl (C=O) groups is 1. The lowest BCUT2D eigenvalue weighted by molar-refractivity contribution is 0.0194. The monoisotopic (exact) mass is 281 g/mol. The summed E-state index contributed by atoms with van der Waals surface area (Å²) in [6.07, 6.45) is -1.39. The first kappa shape index (κ1) is 14.6. The van der Waals surface area contributed by atoms with Gasteiger partial charge in [0, 0.05) is 6.54 Å². The van der Waals surface area contributed by atoms with Crippen molar-refractivity contribution in [3.63, 3.8) is 0 Å². The van der Waals surface area contributed by atoms with Crippen LogP contribution in [0.4, 0.5) is 9.18 Å². The maximum absolute atomic E-state index is 14.1. The molecule has 1 saturated heterocycles. The molecule has 1 aromatic rings. The van der Waals surface area contributed by atoms with Crippen molar-refractivity contribution < 1.29 is 19.0 Å². The Hall–Kier alpha value is -1.78.